The minimum absolute atomic E-state index is 0.0857. The Morgan fingerprint density at radius 1 is 1.21 bits per heavy atom. The third-order valence-corrected chi connectivity index (χ3v) is 5.16. The fraction of sp³-hybridized carbons (Fsp3) is 0.538. The van der Waals surface area contributed by atoms with Crippen molar-refractivity contribution in [1.29, 1.82) is 0 Å². The van der Waals surface area contributed by atoms with E-state index in [1.54, 1.807) is 0 Å². The van der Waals surface area contributed by atoms with Crippen LogP contribution in [0.3, 0.4) is 0 Å². The van der Waals surface area contributed by atoms with E-state index in [9.17, 15) is 14.8 Å². The molecule has 6 heteroatoms. The Hall–Kier alpha value is -1.03. The number of hydrogen-bond acceptors (Lipinski definition) is 5. The van der Waals surface area contributed by atoms with E-state index in [0.717, 1.165) is 0 Å². The molecule has 0 fully saturated rings. The van der Waals surface area contributed by atoms with Gasteiger partial charge in [0.2, 0.25) is 0 Å². The Morgan fingerprint density at radius 2 is 1.79 bits per heavy atom. The summed E-state index contributed by atoms with van der Waals surface area (Å²) in [4.78, 5) is 0. The van der Waals surface area contributed by atoms with Gasteiger partial charge in [0.1, 0.15) is 11.5 Å². The van der Waals surface area contributed by atoms with Crippen LogP contribution in [-0.4, -0.2) is 30.6 Å². The van der Waals surface area contributed by atoms with Crippen LogP contribution in [0.15, 0.2) is 18.2 Å². The van der Waals surface area contributed by atoms with Gasteiger partial charge >= 0.3 is 7.60 Å². The number of phenols is 2. The average Bonchev–Trinajstić information content (AvgIpc) is 2.39. The lowest BCUT2D eigenvalue weighted by molar-refractivity contribution is 0.271. The van der Waals surface area contributed by atoms with Crippen molar-refractivity contribution >= 4 is 7.60 Å². The van der Waals surface area contributed by atoms with Gasteiger partial charge in [-0.15, -0.1) is 0 Å². The molecule has 1 aromatic rings. The van der Waals surface area contributed by atoms with Crippen LogP contribution in [0.5, 0.6) is 11.5 Å². The van der Waals surface area contributed by atoms with Gasteiger partial charge in [0.25, 0.3) is 0 Å². The number of benzene rings is 1. The highest BCUT2D eigenvalue weighted by Gasteiger charge is 2.30. The van der Waals surface area contributed by atoms with Crippen molar-refractivity contribution in [1.82, 2.24) is 0 Å². The van der Waals surface area contributed by atoms with Crippen molar-refractivity contribution in [2.75, 3.05) is 20.4 Å². The van der Waals surface area contributed by atoms with Crippen molar-refractivity contribution in [2.45, 2.75) is 25.7 Å². The van der Waals surface area contributed by atoms with Crippen molar-refractivity contribution in [3.05, 3.63) is 23.8 Å². The summed E-state index contributed by atoms with van der Waals surface area (Å²) in [6.45, 7) is 3.80. The van der Waals surface area contributed by atoms with E-state index in [0.29, 0.717) is 12.0 Å². The lowest BCUT2D eigenvalue weighted by atomic mass is 9.81. The van der Waals surface area contributed by atoms with Crippen LogP contribution < -0.4 is 0 Å². The molecule has 5 nitrogen and oxygen atoms in total. The van der Waals surface area contributed by atoms with Crippen molar-refractivity contribution in [2.24, 2.45) is 0 Å². The summed E-state index contributed by atoms with van der Waals surface area (Å²) in [6.07, 6.45) is 0.727. The zero-order valence-electron chi connectivity index (χ0n) is 11.7. The Labute approximate surface area is 113 Å². The van der Waals surface area contributed by atoms with Crippen LogP contribution in [0, 0.1) is 0 Å². The Balaban J connectivity index is 2.92. The molecule has 19 heavy (non-hydrogen) atoms. The van der Waals surface area contributed by atoms with Gasteiger partial charge in [-0.3, -0.25) is 4.57 Å². The maximum atomic E-state index is 12.0. The fourth-order valence-corrected chi connectivity index (χ4v) is 3.22. The van der Waals surface area contributed by atoms with E-state index >= 15 is 0 Å². The summed E-state index contributed by atoms with van der Waals surface area (Å²) in [7, 11) is -0.369. The summed E-state index contributed by atoms with van der Waals surface area (Å²) >= 11 is 0. The molecule has 0 aliphatic heterocycles. The Kier molecular flexibility index (Phi) is 5.02. The minimum Gasteiger partial charge on any atom is -0.508 e. The van der Waals surface area contributed by atoms with E-state index in [2.05, 4.69) is 0 Å². The van der Waals surface area contributed by atoms with Gasteiger partial charge < -0.3 is 19.3 Å². The molecule has 2 N–H and O–H groups in total. The lowest BCUT2D eigenvalue weighted by Gasteiger charge is -2.27. The first-order valence-electron chi connectivity index (χ1n) is 5.97. The van der Waals surface area contributed by atoms with Crippen molar-refractivity contribution < 1.29 is 23.8 Å². The van der Waals surface area contributed by atoms with Crippen LogP contribution in [-0.2, 0) is 19.0 Å². The van der Waals surface area contributed by atoms with E-state index in [1.165, 1.54) is 32.4 Å². The van der Waals surface area contributed by atoms with Crippen LogP contribution in [0.2, 0.25) is 0 Å². The summed E-state index contributed by atoms with van der Waals surface area (Å²) < 4.78 is 21.8. The molecule has 0 saturated carbocycles. The number of phenolic OH excluding ortho intramolecular Hbond substituents is 2. The third kappa shape index (κ3) is 3.96. The van der Waals surface area contributed by atoms with Crippen molar-refractivity contribution in [3.63, 3.8) is 0 Å². The summed E-state index contributed by atoms with van der Waals surface area (Å²) in [5.74, 6) is 0.190. The zero-order chi connectivity index (χ0) is 14.7. The van der Waals surface area contributed by atoms with E-state index < -0.39 is 13.0 Å². The van der Waals surface area contributed by atoms with Gasteiger partial charge in [-0.25, -0.2) is 0 Å². The van der Waals surface area contributed by atoms with E-state index in [-0.39, 0.29) is 17.7 Å². The second-order valence-electron chi connectivity index (χ2n) is 5.03. The largest absolute Gasteiger partial charge is 0.508 e. The van der Waals surface area contributed by atoms with Crippen LogP contribution in [0.4, 0.5) is 0 Å². The fourth-order valence-electron chi connectivity index (χ4n) is 1.87. The second-order valence-corrected chi connectivity index (χ2v) is 7.43. The highest BCUT2D eigenvalue weighted by atomic mass is 31.2. The average molecular weight is 288 g/mol. The molecular formula is C13H21O5P. The van der Waals surface area contributed by atoms with Gasteiger partial charge in [0.05, 0.1) is 6.16 Å². The second kappa shape index (κ2) is 5.95. The van der Waals surface area contributed by atoms with Gasteiger partial charge in [0, 0.05) is 19.8 Å². The third-order valence-electron chi connectivity index (χ3n) is 3.28. The number of hydrogen-bond donors (Lipinski definition) is 2. The number of aromatic hydroxyl groups is 2. The van der Waals surface area contributed by atoms with Crippen LogP contribution >= 0.6 is 7.60 Å². The normalized spacial score (nSPS) is 12.6. The molecule has 1 aromatic carbocycles. The molecule has 0 amide bonds. The Bertz CT molecular complexity index is 476. The summed E-state index contributed by atoms with van der Waals surface area (Å²) in [6, 6.07) is 4.38. The first-order valence-corrected chi connectivity index (χ1v) is 7.70. The van der Waals surface area contributed by atoms with Crippen LogP contribution in [0.25, 0.3) is 0 Å². The molecule has 0 saturated heterocycles. The maximum Gasteiger partial charge on any atom is 0.330 e. The summed E-state index contributed by atoms with van der Waals surface area (Å²) in [5, 5.41) is 19.4. The molecule has 0 radical (unpaired) electrons. The first kappa shape index (κ1) is 16.0. The maximum absolute atomic E-state index is 12.0. The van der Waals surface area contributed by atoms with Gasteiger partial charge in [0.15, 0.2) is 0 Å². The predicted molar refractivity (Wildman–Crippen MR) is 73.9 cm³/mol. The van der Waals surface area contributed by atoms with E-state index in [1.807, 2.05) is 13.8 Å². The van der Waals surface area contributed by atoms with Crippen LogP contribution in [0.1, 0.15) is 25.8 Å². The highest BCUT2D eigenvalue weighted by molar-refractivity contribution is 7.53. The smallest absolute Gasteiger partial charge is 0.330 e. The van der Waals surface area contributed by atoms with E-state index in [4.69, 9.17) is 9.05 Å². The van der Waals surface area contributed by atoms with Gasteiger partial charge in [-0.05, 0) is 30.0 Å². The molecular weight excluding hydrogens is 267 g/mol. The van der Waals surface area contributed by atoms with Gasteiger partial charge in [-0.1, -0.05) is 13.8 Å². The minimum atomic E-state index is -3.07. The lowest BCUT2D eigenvalue weighted by Crippen LogP contribution is -2.19. The van der Waals surface area contributed by atoms with Crippen molar-refractivity contribution in [3.8, 4) is 11.5 Å². The molecule has 0 unspecified atom stereocenters. The standard InChI is InChI=1S/C13H21O5P/c1-13(2,7-8-19(16,17-3)18-4)11-9-10(14)5-6-12(11)15/h5-6,9,14-15H,7-8H2,1-4H3. The molecule has 0 aliphatic carbocycles. The zero-order valence-corrected chi connectivity index (χ0v) is 12.6. The Morgan fingerprint density at radius 3 is 2.32 bits per heavy atom. The molecule has 0 aromatic heterocycles. The topological polar surface area (TPSA) is 76.0 Å². The monoisotopic (exact) mass is 288 g/mol. The molecule has 108 valence electrons. The molecule has 0 atom stereocenters. The molecule has 1 rings (SSSR count). The highest BCUT2D eigenvalue weighted by Crippen LogP contribution is 2.49. The quantitative estimate of drug-likeness (QED) is 0.620. The summed E-state index contributed by atoms with van der Waals surface area (Å²) in [5.41, 5.74) is 0.140. The number of rotatable bonds is 6. The molecule has 0 bridgehead atoms. The molecule has 0 spiro atoms. The predicted octanol–water partition coefficient (Wildman–Crippen LogP) is 3.25. The SMILES string of the molecule is COP(=O)(CCC(C)(C)c1cc(O)ccc1O)OC. The molecule has 0 heterocycles. The van der Waals surface area contributed by atoms with Gasteiger partial charge in [-0.2, -0.15) is 0 Å². The molecule has 0 aliphatic rings. The first-order chi connectivity index (χ1) is 8.74.